The maximum atomic E-state index is 12.7. The van der Waals surface area contributed by atoms with Crippen LogP contribution >= 0.6 is 11.3 Å². The zero-order valence-corrected chi connectivity index (χ0v) is 15.4. The van der Waals surface area contributed by atoms with Gasteiger partial charge in [-0.05, 0) is 18.2 Å². The van der Waals surface area contributed by atoms with Crippen LogP contribution in [-0.2, 0) is 23.1 Å². The highest BCUT2D eigenvalue weighted by Crippen LogP contribution is 2.38. The molecular weight excluding hydrogens is 374 g/mol. The van der Waals surface area contributed by atoms with Crippen LogP contribution in [0, 0.1) is 0 Å². The Bertz CT molecular complexity index is 1070. The fourth-order valence-corrected chi connectivity index (χ4v) is 5.22. The van der Waals surface area contributed by atoms with Crippen molar-refractivity contribution in [3.05, 3.63) is 58.3 Å². The summed E-state index contributed by atoms with van der Waals surface area (Å²) in [5, 5.41) is 3.06. The number of amides is 1. The number of furan rings is 1. The number of benzene rings is 1. The Hall–Kier alpha value is -2.49. The number of nitrogens with zero attached hydrogens (tertiary/aromatic N) is 2. The van der Waals surface area contributed by atoms with E-state index in [1.165, 1.54) is 22.7 Å². The molecule has 7 nitrogen and oxygen atoms in total. The predicted molar refractivity (Wildman–Crippen MR) is 96.1 cm³/mol. The van der Waals surface area contributed by atoms with Gasteiger partial charge >= 0.3 is 0 Å². The molecule has 134 valence electrons. The lowest BCUT2D eigenvalue weighted by molar-refractivity contribution is 0.0947. The normalized spacial score (nSPS) is 15.7. The van der Waals surface area contributed by atoms with Crippen LogP contribution in [0.5, 0.6) is 0 Å². The van der Waals surface area contributed by atoms with E-state index in [1.54, 1.807) is 42.7 Å². The highest BCUT2D eigenvalue weighted by molar-refractivity contribution is 7.89. The van der Waals surface area contributed by atoms with Crippen molar-refractivity contribution in [3.8, 4) is 11.3 Å². The first-order valence-electron chi connectivity index (χ1n) is 7.83. The largest absolute Gasteiger partial charge is 0.467 e. The van der Waals surface area contributed by atoms with Gasteiger partial charge in [0.05, 0.1) is 29.9 Å². The van der Waals surface area contributed by atoms with E-state index in [9.17, 15) is 13.2 Å². The van der Waals surface area contributed by atoms with Crippen molar-refractivity contribution in [1.82, 2.24) is 14.6 Å². The van der Waals surface area contributed by atoms with Gasteiger partial charge in [0, 0.05) is 17.5 Å². The minimum absolute atomic E-state index is 0.176. The van der Waals surface area contributed by atoms with Gasteiger partial charge in [-0.25, -0.2) is 13.4 Å². The summed E-state index contributed by atoms with van der Waals surface area (Å²) in [5.41, 5.74) is 1.06. The zero-order chi connectivity index (χ0) is 18.3. The number of carbonyl (C=O) groups is 1. The molecule has 1 aliphatic heterocycles. The first kappa shape index (κ1) is 17.0. The Kier molecular flexibility index (Phi) is 4.14. The summed E-state index contributed by atoms with van der Waals surface area (Å²) in [6.07, 6.45) is 1.54. The summed E-state index contributed by atoms with van der Waals surface area (Å²) in [6.45, 7) is 0.441. The van der Waals surface area contributed by atoms with Crippen molar-refractivity contribution >= 4 is 27.3 Å². The number of hydrogen-bond donors (Lipinski definition) is 1. The number of thiazole rings is 1. The summed E-state index contributed by atoms with van der Waals surface area (Å²) in [6, 6.07) is 10.2. The third-order valence-electron chi connectivity index (χ3n) is 4.09. The molecule has 26 heavy (non-hydrogen) atoms. The molecule has 1 amide bonds. The van der Waals surface area contributed by atoms with Crippen molar-refractivity contribution in [2.24, 2.45) is 0 Å². The van der Waals surface area contributed by atoms with Crippen LogP contribution in [-0.4, -0.2) is 30.7 Å². The highest BCUT2D eigenvalue weighted by atomic mass is 32.2. The molecule has 0 saturated carbocycles. The molecule has 0 saturated heterocycles. The van der Waals surface area contributed by atoms with Gasteiger partial charge in [-0.3, -0.25) is 4.79 Å². The molecule has 1 aromatic carbocycles. The average Bonchev–Trinajstić information content (AvgIpc) is 3.28. The molecule has 3 heterocycles. The summed E-state index contributed by atoms with van der Waals surface area (Å²) >= 11 is 1.20. The van der Waals surface area contributed by atoms with Crippen molar-refractivity contribution in [2.45, 2.75) is 18.0 Å². The van der Waals surface area contributed by atoms with E-state index in [4.69, 9.17) is 4.42 Å². The molecule has 2 aromatic heterocycles. The maximum Gasteiger partial charge on any atom is 0.280 e. The summed E-state index contributed by atoms with van der Waals surface area (Å²) in [4.78, 5) is 17.8. The lowest BCUT2D eigenvalue weighted by Gasteiger charge is -2.14. The molecule has 0 spiro atoms. The van der Waals surface area contributed by atoms with Gasteiger partial charge in [-0.1, -0.05) is 18.2 Å². The minimum atomic E-state index is -3.58. The first-order chi connectivity index (χ1) is 12.5. The van der Waals surface area contributed by atoms with E-state index in [0.717, 1.165) is 4.88 Å². The summed E-state index contributed by atoms with van der Waals surface area (Å²) in [7, 11) is -2.06. The first-order valence-corrected chi connectivity index (χ1v) is 10.1. The molecule has 0 atom stereocenters. The standard InChI is InChI=1S/C17H15N3O4S2/c1-20-10-13-15(12-6-2-3-7-14(12)26(20,22)23)19-17(25-13)16(21)18-9-11-5-4-8-24-11/h2-8H,9-10H2,1H3,(H,18,21). The van der Waals surface area contributed by atoms with E-state index in [2.05, 4.69) is 10.3 Å². The van der Waals surface area contributed by atoms with Gasteiger partial charge in [0.2, 0.25) is 10.0 Å². The SMILES string of the molecule is CN1Cc2sc(C(=O)NCc3ccco3)nc2-c2ccccc2S1(=O)=O. The van der Waals surface area contributed by atoms with E-state index in [1.807, 2.05) is 0 Å². The summed E-state index contributed by atoms with van der Waals surface area (Å²) < 4.78 is 31.8. The van der Waals surface area contributed by atoms with E-state index in [-0.39, 0.29) is 23.9 Å². The Labute approximate surface area is 154 Å². The molecule has 3 aromatic rings. The van der Waals surface area contributed by atoms with Crippen LogP contribution < -0.4 is 5.32 Å². The number of hydrogen-bond acceptors (Lipinski definition) is 6. The fraction of sp³-hybridized carbons (Fsp3) is 0.176. The number of sulfonamides is 1. The third kappa shape index (κ3) is 2.83. The van der Waals surface area contributed by atoms with Crippen LogP contribution in [0.4, 0.5) is 0 Å². The van der Waals surface area contributed by atoms with Gasteiger partial charge in [0.25, 0.3) is 5.91 Å². The third-order valence-corrected chi connectivity index (χ3v) is 6.99. The second-order valence-electron chi connectivity index (χ2n) is 5.81. The smallest absolute Gasteiger partial charge is 0.280 e. The van der Waals surface area contributed by atoms with Crippen LogP contribution in [0.15, 0.2) is 52.0 Å². The van der Waals surface area contributed by atoms with Crippen molar-refractivity contribution in [2.75, 3.05) is 7.05 Å². The second-order valence-corrected chi connectivity index (χ2v) is 8.91. The highest BCUT2D eigenvalue weighted by Gasteiger charge is 2.32. The molecule has 9 heteroatoms. The topological polar surface area (TPSA) is 92.5 Å². The molecule has 0 fully saturated rings. The second kappa shape index (κ2) is 6.35. The monoisotopic (exact) mass is 389 g/mol. The van der Waals surface area contributed by atoms with Crippen LogP contribution in [0.3, 0.4) is 0 Å². The summed E-state index contributed by atoms with van der Waals surface area (Å²) in [5.74, 6) is 0.329. The van der Waals surface area contributed by atoms with Crippen LogP contribution in [0.25, 0.3) is 11.3 Å². The number of fused-ring (bicyclic) bond motifs is 3. The van der Waals surface area contributed by atoms with Gasteiger partial charge in [0.15, 0.2) is 5.01 Å². The molecule has 1 aliphatic rings. The minimum Gasteiger partial charge on any atom is -0.467 e. The van der Waals surface area contributed by atoms with Gasteiger partial charge < -0.3 is 9.73 Å². The average molecular weight is 389 g/mol. The van der Waals surface area contributed by atoms with E-state index < -0.39 is 10.0 Å². The Morgan fingerprint density at radius 3 is 2.88 bits per heavy atom. The zero-order valence-electron chi connectivity index (χ0n) is 13.8. The van der Waals surface area contributed by atoms with E-state index in [0.29, 0.717) is 22.0 Å². The Morgan fingerprint density at radius 2 is 2.12 bits per heavy atom. The molecule has 4 rings (SSSR count). The van der Waals surface area contributed by atoms with Crippen molar-refractivity contribution in [1.29, 1.82) is 0 Å². The Morgan fingerprint density at radius 1 is 1.31 bits per heavy atom. The molecular formula is C17H15N3O4S2. The molecule has 0 radical (unpaired) electrons. The number of carbonyl (C=O) groups excluding carboxylic acids is 1. The maximum absolute atomic E-state index is 12.7. The van der Waals surface area contributed by atoms with Gasteiger partial charge in [-0.15, -0.1) is 11.3 Å². The Balaban J connectivity index is 1.70. The lowest BCUT2D eigenvalue weighted by Crippen LogP contribution is -2.25. The lowest BCUT2D eigenvalue weighted by atomic mass is 10.1. The number of nitrogens with one attached hydrogen (secondary N) is 1. The van der Waals surface area contributed by atoms with Crippen LogP contribution in [0.1, 0.15) is 20.4 Å². The molecule has 0 unspecified atom stereocenters. The molecule has 1 N–H and O–H groups in total. The number of aromatic nitrogens is 1. The van der Waals surface area contributed by atoms with Gasteiger partial charge in [0.1, 0.15) is 5.76 Å². The number of rotatable bonds is 3. The van der Waals surface area contributed by atoms with E-state index >= 15 is 0 Å². The molecule has 0 aliphatic carbocycles. The molecule has 0 bridgehead atoms. The van der Waals surface area contributed by atoms with Gasteiger partial charge in [-0.2, -0.15) is 4.31 Å². The quantitative estimate of drug-likeness (QED) is 0.743. The van der Waals surface area contributed by atoms with Crippen molar-refractivity contribution < 1.29 is 17.6 Å². The predicted octanol–water partition coefficient (Wildman–Crippen LogP) is 2.47. The van der Waals surface area contributed by atoms with Crippen LogP contribution in [0.2, 0.25) is 0 Å². The van der Waals surface area contributed by atoms with Crippen molar-refractivity contribution in [3.63, 3.8) is 0 Å². The fourth-order valence-electron chi connectivity index (χ4n) is 2.76.